The van der Waals surface area contributed by atoms with Gasteiger partial charge in [0.05, 0.1) is 7.11 Å². The Morgan fingerprint density at radius 2 is 1.80 bits per heavy atom. The van der Waals surface area contributed by atoms with Gasteiger partial charge in [-0.3, -0.25) is 9.36 Å². The van der Waals surface area contributed by atoms with Crippen LogP contribution in [0.1, 0.15) is 25.6 Å². The van der Waals surface area contributed by atoms with E-state index in [0.717, 1.165) is 27.1 Å². The molecule has 3 rings (SSSR count). The lowest BCUT2D eigenvalue weighted by Crippen LogP contribution is -2.22. The first-order chi connectivity index (χ1) is 11.8. The fourth-order valence-electron chi connectivity index (χ4n) is 2.46. The van der Waals surface area contributed by atoms with E-state index in [1.165, 1.54) is 11.3 Å². The molecule has 25 heavy (non-hydrogen) atoms. The van der Waals surface area contributed by atoms with Crippen LogP contribution in [0.15, 0.2) is 47.6 Å². The second kappa shape index (κ2) is 6.48. The standard InChI is InChI=1S/C20H22N2O2S/c1-13-12-22(19(25-13)21-18(23)20(2,3)4)16-8-6-15-11-17(24-5)9-7-14(15)10-16/h6-12H,1-5H3. The third-order valence-corrected chi connectivity index (χ3v) is 4.82. The van der Waals surface area contributed by atoms with Crippen molar-refractivity contribution in [2.24, 2.45) is 10.4 Å². The van der Waals surface area contributed by atoms with Crippen LogP contribution in [0.25, 0.3) is 16.5 Å². The van der Waals surface area contributed by atoms with E-state index < -0.39 is 5.41 Å². The number of methoxy groups -OCH3 is 1. The van der Waals surface area contributed by atoms with E-state index in [9.17, 15) is 4.79 Å². The second-order valence-electron chi connectivity index (χ2n) is 7.06. The molecule has 130 valence electrons. The first-order valence-corrected chi connectivity index (χ1v) is 8.96. The maximum atomic E-state index is 12.3. The molecule has 2 aromatic carbocycles. The van der Waals surface area contributed by atoms with Crippen molar-refractivity contribution in [2.45, 2.75) is 27.7 Å². The number of carbonyl (C=O) groups excluding carboxylic acids is 1. The first-order valence-electron chi connectivity index (χ1n) is 8.14. The number of fused-ring (bicyclic) bond motifs is 1. The van der Waals surface area contributed by atoms with Gasteiger partial charge in [-0.1, -0.05) is 32.9 Å². The number of hydrogen-bond donors (Lipinski definition) is 0. The highest BCUT2D eigenvalue weighted by Gasteiger charge is 2.21. The Bertz CT molecular complexity index is 1010. The van der Waals surface area contributed by atoms with Crippen molar-refractivity contribution in [2.75, 3.05) is 7.11 Å². The number of ether oxygens (including phenoxy) is 1. The van der Waals surface area contributed by atoms with Gasteiger partial charge < -0.3 is 4.74 Å². The van der Waals surface area contributed by atoms with Gasteiger partial charge in [-0.05, 0) is 42.0 Å². The molecule has 5 heteroatoms. The average molecular weight is 354 g/mol. The molecule has 1 heterocycles. The normalized spacial score (nSPS) is 12.6. The molecule has 0 bridgehead atoms. The van der Waals surface area contributed by atoms with Crippen LogP contribution in [0.2, 0.25) is 0 Å². The number of rotatable bonds is 2. The fraction of sp³-hybridized carbons (Fsp3) is 0.300. The molecule has 0 radical (unpaired) electrons. The van der Waals surface area contributed by atoms with Crippen LogP contribution in [0.4, 0.5) is 0 Å². The van der Waals surface area contributed by atoms with Gasteiger partial charge in [0.1, 0.15) is 5.75 Å². The van der Waals surface area contributed by atoms with E-state index in [-0.39, 0.29) is 5.91 Å². The molecule has 0 N–H and O–H groups in total. The summed E-state index contributed by atoms with van der Waals surface area (Å²) in [5.41, 5.74) is 0.498. The highest BCUT2D eigenvalue weighted by molar-refractivity contribution is 7.09. The largest absolute Gasteiger partial charge is 0.497 e. The van der Waals surface area contributed by atoms with E-state index in [2.05, 4.69) is 17.1 Å². The van der Waals surface area contributed by atoms with E-state index >= 15 is 0 Å². The molecule has 0 aliphatic rings. The van der Waals surface area contributed by atoms with Crippen LogP contribution >= 0.6 is 11.3 Å². The van der Waals surface area contributed by atoms with Gasteiger partial charge in [-0.25, -0.2) is 0 Å². The minimum Gasteiger partial charge on any atom is -0.497 e. The molecule has 0 aliphatic carbocycles. The zero-order chi connectivity index (χ0) is 18.2. The number of carbonyl (C=O) groups is 1. The predicted molar refractivity (Wildman–Crippen MR) is 102 cm³/mol. The van der Waals surface area contributed by atoms with E-state index in [1.807, 2.05) is 62.7 Å². The predicted octanol–water partition coefficient (Wildman–Crippen LogP) is 4.48. The maximum absolute atomic E-state index is 12.3. The molecule has 3 aromatic rings. The lowest BCUT2D eigenvalue weighted by Gasteiger charge is -2.12. The minimum atomic E-state index is -0.490. The summed E-state index contributed by atoms with van der Waals surface area (Å²) < 4.78 is 7.26. The highest BCUT2D eigenvalue weighted by atomic mass is 32.1. The summed E-state index contributed by atoms with van der Waals surface area (Å²) >= 11 is 1.52. The minimum absolute atomic E-state index is 0.117. The van der Waals surface area contributed by atoms with Gasteiger partial charge in [0, 0.05) is 22.2 Å². The Morgan fingerprint density at radius 3 is 2.48 bits per heavy atom. The fourth-order valence-corrected chi connectivity index (χ4v) is 3.29. The summed E-state index contributed by atoms with van der Waals surface area (Å²) in [6, 6.07) is 12.2. The number of aryl methyl sites for hydroxylation is 1. The van der Waals surface area contributed by atoms with Crippen molar-refractivity contribution in [3.8, 4) is 11.4 Å². The van der Waals surface area contributed by atoms with Crippen LogP contribution in [-0.4, -0.2) is 17.6 Å². The van der Waals surface area contributed by atoms with Crippen LogP contribution in [0.3, 0.4) is 0 Å². The van der Waals surface area contributed by atoms with Crippen LogP contribution in [0, 0.1) is 12.3 Å². The molecule has 0 fully saturated rings. The number of aromatic nitrogens is 1. The molecular formula is C20H22N2O2S. The Hall–Kier alpha value is -2.40. The number of benzene rings is 2. The van der Waals surface area contributed by atoms with Crippen molar-refractivity contribution in [1.82, 2.24) is 4.57 Å². The van der Waals surface area contributed by atoms with Crippen molar-refractivity contribution in [1.29, 1.82) is 0 Å². The quantitative estimate of drug-likeness (QED) is 0.681. The summed E-state index contributed by atoms with van der Waals surface area (Å²) in [4.78, 5) is 18.5. The molecule has 0 aliphatic heterocycles. The molecule has 0 saturated carbocycles. The van der Waals surface area contributed by atoms with Crippen LogP contribution in [0.5, 0.6) is 5.75 Å². The van der Waals surface area contributed by atoms with E-state index in [1.54, 1.807) is 7.11 Å². The summed E-state index contributed by atoms with van der Waals surface area (Å²) in [5, 5.41) is 2.22. The molecule has 1 aromatic heterocycles. The second-order valence-corrected chi connectivity index (χ2v) is 8.27. The molecule has 0 atom stereocenters. The zero-order valence-electron chi connectivity index (χ0n) is 15.2. The third kappa shape index (κ3) is 3.66. The monoisotopic (exact) mass is 354 g/mol. The summed E-state index contributed by atoms with van der Waals surface area (Å²) in [5.74, 6) is 0.722. The van der Waals surface area contributed by atoms with E-state index in [4.69, 9.17) is 4.74 Å². The zero-order valence-corrected chi connectivity index (χ0v) is 16.0. The van der Waals surface area contributed by atoms with Gasteiger partial charge in [0.15, 0.2) is 4.80 Å². The topological polar surface area (TPSA) is 43.6 Å². The van der Waals surface area contributed by atoms with E-state index in [0.29, 0.717) is 4.80 Å². The van der Waals surface area contributed by atoms with Crippen LogP contribution < -0.4 is 9.54 Å². The Labute approximate surface area is 151 Å². The molecule has 0 spiro atoms. The molecule has 4 nitrogen and oxygen atoms in total. The molecule has 0 saturated heterocycles. The van der Waals surface area contributed by atoms with Gasteiger partial charge in [-0.2, -0.15) is 4.99 Å². The highest BCUT2D eigenvalue weighted by Crippen LogP contribution is 2.23. The van der Waals surface area contributed by atoms with Gasteiger partial charge >= 0.3 is 0 Å². The SMILES string of the molecule is COc1ccc2cc(-n3cc(C)sc3=NC(=O)C(C)(C)C)ccc2c1. The van der Waals surface area contributed by atoms with Gasteiger partial charge in [0.2, 0.25) is 0 Å². The lowest BCUT2D eigenvalue weighted by atomic mass is 9.96. The summed E-state index contributed by atoms with van der Waals surface area (Å²) in [7, 11) is 1.67. The van der Waals surface area contributed by atoms with Crippen molar-refractivity contribution in [3.63, 3.8) is 0 Å². The van der Waals surface area contributed by atoms with Crippen LogP contribution in [-0.2, 0) is 4.79 Å². The number of amides is 1. The number of hydrogen-bond acceptors (Lipinski definition) is 3. The van der Waals surface area contributed by atoms with Crippen molar-refractivity contribution in [3.05, 3.63) is 52.3 Å². The average Bonchev–Trinajstić information content (AvgIpc) is 2.93. The molecular weight excluding hydrogens is 332 g/mol. The summed E-state index contributed by atoms with van der Waals surface area (Å²) in [6.07, 6.45) is 2.02. The van der Waals surface area contributed by atoms with Crippen molar-refractivity contribution < 1.29 is 9.53 Å². The maximum Gasteiger partial charge on any atom is 0.253 e. The van der Waals surface area contributed by atoms with Crippen molar-refractivity contribution >= 4 is 28.0 Å². The Morgan fingerprint density at radius 1 is 1.12 bits per heavy atom. The smallest absolute Gasteiger partial charge is 0.253 e. The van der Waals surface area contributed by atoms with Gasteiger partial charge in [-0.15, -0.1) is 11.3 Å². The third-order valence-electron chi connectivity index (χ3n) is 3.92. The Balaban J connectivity index is 2.12. The number of thiazole rings is 1. The lowest BCUT2D eigenvalue weighted by molar-refractivity contribution is -0.125. The van der Waals surface area contributed by atoms with Gasteiger partial charge in [0.25, 0.3) is 5.91 Å². The Kier molecular flexibility index (Phi) is 4.52. The number of nitrogens with zero attached hydrogens (tertiary/aromatic N) is 2. The first kappa shape index (κ1) is 17.4. The molecule has 0 unspecified atom stereocenters. The molecule has 1 amide bonds. The summed E-state index contributed by atoms with van der Waals surface area (Å²) in [6.45, 7) is 7.67.